The van der Waals surface area contributed by atoms with E-state index in [1.807, 2.05) is 41.0 Å². The van der Waals surface area contributed by atoms with Gasteiger partial charge in [-0.3, -0.25) is 4.79 Å². The summed E-state index contributed by atoms with van der Waals surface area (Å²) in [5.41, 5.74) is 4.33. The molecule has 1 amide bonds. The maximum atomic E-state index is 13.2. The van der Waals surface area contributed by atoms with Gasteiger partial charge in [0.2, 0.25) is 5.91 Å². The summed E-state index contributed by atoms with van der Waals surface area (Å²) < 4.78 is 63.1. The van der Waals surface area contributed by atoms with Gasteiger partial charge in [0, 0.05) is 36.5 Å². The molecule has 0 bridgehead atoms. The molecule has 1 aliphatic rings. The number of ether oxygens (including phenoxy) is 2. The molecule has 0 radical (unpaired) electrons. The van der Waals surface area contributed by atoms with E-state index in [1.54, 1.807) is 53.4 Å². The molecular weight excluding hydrogens is 588 g/mol. The van der Waals surface area contributed by atoms with Crippen molar-refractivity contribution < 1.29 is 31.5 Å². The molecule has 0 N–H and O–H groups in total. The van der Waals surface area contributed by atoms with Crippen LogP contribution >= 0.6 is 0 Å². The molecule has 226 valence electrons. The summed E-state index contributed by atoms with van der Waals surface area (Å²) in [4.78, 5) is 19.0. The van der Waals surface area contributed by atoms with E-state index >= 15 is 0 Å². The quantitative estimate of drug-likeness (QED) is 0.179. The number of para-hydroxylation sites is 1. The number of benzene rings is 4. The van der Waals surface area contributed by atoms with Gasteiger partial charge in [0.15, 0.2) is 9.84 Å². The second-order valence-corrected chi connectivity index (χ2v) is 12.6. The first-order valence-corrected chi connectivity index (χ1v) is 15.9. The second-order valence-electron chi connectivity index (χ2n) is 10.5. The number of carbonyl (C=O) groups excluding carboxylic acids is 1. The number of hydrogen-bond acceptors (Lipinski definition) is 6. The molecule has 4 aromatic carbocycles. The molecule has 0 spiro atoms. The van der Waals surface area contributed by atoms with Crippen LogP contribution in [0.3, 0.4) is 0 Å². The van der Waals surface area contributed by atoms with Crippen LogP contribution in [0.1, 0.15) is 24.2 Å². The summed E-state index contributed by atoms with van der Waals surface area (Å²) in [6.07, 6.45) is 2.50. The summed E-state index contributed by atoms with van der Waals surface area (Å²) in [5, 5.41) is 0. The van der Waals surface area contributed by atoms with Crippen molar-refractivity contribution in [3.8, 4) is 22.6 Å². The Hall–Kier alpha value is -4.77. The molecule has 5 aromatic rings. The maximum Gasteiger partial charge on any atom is 0.387 e. The summed E-state index contributed by atoms with van der Waals surface area (Å²) in [6, 6.07) is 26.2. The van der Waals surface area contributed by atoms with E-state index in [9.17, 15) is 22.0 Å². The Labute approximate surface area is 253 Å². The van der Waals surface area contributed by atoms with Crippen molar-refractivity contribution in [1.29, 1.82) is 0 Å². The number of amides is 1. The average Bonchev–Trinajstić information content (AvgIpc) is 3.59. The SMILES string of the molecule is CS(=O)(=O)c1ccc(-c2ccc3nc(COc4cccc(N5CCCC5=O)c4)n(Cc4ccccc4OC(F)F)c3c2)cc1. The van der Waals surface area contributed by atoms with Crippen LogP contribution in [-0.4, -0.2) is 43.3 Å². The zero-order chi connectivity index (χ0) is 30.8. The summed E-state index contributed by atoms with van der Waals surface area (Å²) in [6.45, 7) is -2.06. The van der Waals surface area contributed by atoms with Crippen LogP contribution in [0.2, 0.25) is 0 Å². The fourth-order valence-corrected chi connectivity index (χ4v) is 5.99. The van der Waals surface area contributed by atoms with Gasteiger partial charge < -0.3 is 18.9 Å². The number of carbonyl (C=O) groups is 1. The topological polar surface area (TPSA) is 90.7 Å². The molecule has 0 aliphatic carbocycles. The smallest absolute Gasteiger partial charge is 0.387 e. The highest BCUT2D eigenvalue weighted by atomic mass is 32.2. The minimum Gasteiger partial charge on any atom is -0.486 e. The van der Waals surface area contributed by atoms with Gasteiger partial charge in [0.25, 0.3) is 0 Å². The molecule has 6 rings (SSSR count). The lowest BCUT2D eigenvalue weighted by Crippen LogP contribution is -2.23. The predicted octanol–water partition coefficient (Wildman–Crippen LogP) is 6.46. The van der Waals surface area contributed by atoms with Crippen LogP contribution < -0.4 is 14.4 Å². The van der Waals surface area contributed by atoms with Crippen molar-refractivity contribution in [2.45, 2.75) is 37.5 Å². The van der Waals surface area contributed by atoms with Crippen molar-refractivity contribution >= 4 is 32.5 Å². The lowest BCUT2D eigenvalue weighted by Gasteiger charge is -2.17. The van der Waals surface area contributed by atoms with Crippen LogP contribution in [0.5, 0.6) is 11.5 Å². The number of fused-ring (bicyclic) bond motifs is 1. The minimum absolute atomic E-state index is 0.0618. The Balaban J connectivity index is 1.37. The van der Waals surface area contributed by atoms with E-state index in [4.69, 9.17) is 14.5 Å². The lowest BCUT2D eigenvalue weighted by molar-refractivity contribution is -0.117. The molecule has 8 nitrogen and oxygen atoms in total. The van der Waals surface area contributed by atoms with Gasteiger partial charge in [-0.05, 0) is 60.0 Å². The van der Waals surface area contributed by atoms with Crippen LogP contribution in [0, 0.1) is 0 Å². The molecule has 0 saturated carbocycles. The normalized spacial score (nSPS) is 13.6. The van der Waals surface area contributed by atoms with E-state index in [-0.39, 0.29) is 29.7 Å². The number of rotatable bonds is 10. The lowest BCUT2D eigenvalue weighted by atomic mass is 10.1. The number of anilines is 1. The third-order valence-corrected chi connectivity index (χ3v) is 8.66. The third kappa shape index (κ3) is 6.28. The zero-order valence-electron chi connectivity index (χ0n) is 23.8. The standard InChI is InChI=1S/C33H29F2N3O5S/c1-44(40,41)27-14-11-22(12-15-27)23-13-16-28-29(18-23)38(20-24-6-2-3-9-30(24)43-33(34)35)31(36-28)21-42-26-8-4-7-25(19-26)37-17-5-10-32(37)39/h2-4,6-9,11-16,18-19,33H,5,10,17,20-21H2,1H3. The molecule has 1 saturated heterocycles. The number of aromatic nitrogens is 2. The van der Waals surface area contributed by atoms with Gasteiger partial charge in [-0.15, -0.1) is 0 Å². The number of sulfone groups is 1. The van der Waals surface area contributed by atoms with Crippen LogP contribution in [0.15, 0.2) is 95.9 Å². The molecule has 2 heterocycles. The molecule has 1 aliphatic heterocycles. The highest BCUT2D eigenvalue weighted by Crippen LogP contribution is 2.30. The van der Waals surface area contributed by atoms with Crippen LogP contribution in [0.4, 0.5) is 14.5 Å². The van der Waals surface area contributed by atoms with Crippen LogP contribution in [0.25, 0.3) is 22.2 Å². The third-order valence-electron chi connectivity index (χ3n) is 7.53. The number of alkyl halides is 2. The number of hydrogen-bond donors (Lipinski definition) is 0. The zero-order valence-corrected chi connectivity index (χ0v) is 24.6. The minimum atomic E-state index is -3.34. The first-order valence-electron chi connectivity index (χ1n) is 14.0. The van der Waals surface area contributed by atoms with Gasteiger partial charge in [0.1, 0.15) is 23.9 Å². The molecule has 0 unspecified atom stereocenters. The molecule has 11 heteroatoms. The first-order chi connectivity index (χ1) is 21.2. The van der Waals surface area contributed by atoms with E-state index in [2.05, 4.69) is 0 Å². The predicted molar refractivity (Wildman–Crippen MR) is 163 cm³/mol. The highest BCUT2D eigenvalue weighted by Gasteiger charge is 2.22. The van der Waals surface area contributed by atoms with Crippen LogP contribution in [-0.2, 0) is 27.8 Å². The molecule has 1 fully saturated rings. The van der Waals surface area contributed by atoms with Crippen molar-refractivity contribution in [2.24, 2.45) is 0 Å². The fraction of sp³-hybridized carbons (Fsp3) is 0.212. The Kier molecular flexibility index (Phi) is 8.05. The second kappa shape index (κ2) is 12.1. The Bertz CT molecular complexity index is 1940. The first kappa shape index (κ1) is 29.3. The number of imidazole rings is 1. The Morgan fingerprint density at radius 3 is 2.43 bits per heavy atom. The summed E-state index contributed by atoms with van der Waals surface area (Å²) in [7, 11) is -3.34. The van der Waals surface area contributed by atoms with E-state index < -0.39 is 16.4 Å². The molecule has 1 aromatic heterocycles. The van der Waals surface area contributed by atoms with Gasteiger partial charge in [-0.1, -0.05) is 42.5 Å². The summed E-state index contributed by atoms with van der Waals surface area (Å²) >= 11 is 0. The Morgan fingerprint density at radius 2 is 1.70 bits per heavy atom. The maximum absolute atomic E-state index is 13.2. The van der Waals surface area contributed by atoms with E-state index in [0.717, 1.165) is 35.0 Å². The monoisotopic (exact) mass is 617 g/mol. The fourth-order valence-electron chi connectivity index (χ4n) is 5.36. The van der Waals surface area contributed by atoms with Crippen molar-refractivity contribution in [2.75, 3.05) is 17.7 Å². The molecular formula is C33H29F2N3O5S. The van der Waals surface area contributed by atoms with Crippen molar-refractivity contribution in [3.05, 3.63) is 102 Å². The van der Waals surface area contributed by atoms with E-state index in [0.29, 0.717) is 35.6 Å². The summed E-state index contributed by atoms with van der Waals surface area (Å²) in [5.74, 6) is 1.26. The van der Waals surface area contributed by atoms with Gasteiger partial charge in [-0.25, -0.2) is 13.4 Å². The van der Waals surface area contributed by atoms with Gasteiger partial charge in [-0.2, -0.15) is 8.78 Å². The number of halogens is 2. The number of nitrogens with zero attached hydrogens (tertiary/aromatic N) is 3. The molecule has 0 atom stereocenters. The van der Waals surface area contributed by atoms with Gasteiger partial charge >= 0.3 is 6.61 Å². The van der Waals surface area contributed by atoms with Crippen molar-refractivity contribution in [3.63, 3.8) is 0 Å². The largest absolute Gasteiger partial charge is 0.486 e. The van der Waals surface area contributed by atoms with Gasteiger partial charge in [0.05, 0.1) is 22.5 Å². The van der Waals surface area contributed by atoms with E-state index in [1.165, 1.54) is 6.07 Å². The molecule has 44 heavy (non-hydrogen) atoms. The highest BCUT2D eigenvalue weighted by molar-refractivity contribution is 7.90. The Morgan fingerprint density at radius 1 is 0.932 bits per heavy atom. The average molecular weight is 618 g/mol. The van der Waals surface area contributed by atoms with Crippen molar-refractivity contribution in [1.82, 2.24) is 9.55 Å².